The lowest BCUT2D eigenvalue weighted by Crippen LogP contribution is -2.19. The van der Waals surface area contributed by atoms with Crippen LogP contribution in [-0.4, -0.2) is 35.3 Å². The summed E-state index contributed by atoms with van der Waals surface area (Å²) in [6, 6.07) is 19.6. The number of fused-ring (bicyclic) bond motifs is 1. The van der Waals surface area contributed by atoms with Crippen molar-refractivity contribution >= 4 is 23.1 Å². The molecular formula is C24H18N6O4. The van der Waals surface area contributed by atoms with Gasteiger partial charge in [0.1, 0.15) is 0 Å². The first kappa shape index (κ1) is 20.8. The number of hydrogen-bond acceptors (Lipinski definition) is 7. The number of aromatic nitrogens is 4. The minimum Gasteiger partial charge on any atom is -0.504 e. The normalized spacial score (nSPS) is 10.9. The van der Waals surface area contributed by atoms with E-state index in [2.05, 4.69) is 15.4 Å². The van der Waals surface area contributed by atoms with E-state index in [0.29, 0.717) is 22.6 Å². The summed E-state index contributed by atoms with van der Waals surface area (Å²) in [4.78, 5) is 29.7. The van der Waals surface area contributed by atoms with Crippen LogP contribution in [0.1, 0.15) is 10.4 Å². The first-order chi connectivity index (χ1) is 16.4. The van der Waals surface area contributed by atoms with Crippen LogP contribution < -0.4 is 16.7 Å². The van der Waals surface area contributed by atoms with Gasteiger partial charge in [0, 0.05) is 23.0 Å². The number of carbonyl (C=O) groups is 1. The molecule has 34 heavy (non-hydrogen) atoms. The third-order valence-corrected chi connectivity index (χ3v) is 5.21. The molecule has 10 heteroatoms. The van der Waals surface area contributed by atoms with E-state index in [1.807, 2.05) is 18.2 Å². The average Bonchev–Trinajstić information content (AvgIpc) is 3.19. The van der Waals surface area contributed by atoms with Gasteiger partial charge in [0.15, 0.2) is 17.3 Å². The van der Waals surface area contributed by atoms with Gasteiger partial charge in [-0.05, 0) is 42.5 Å². The number of aromatic hydroxyl groups is 2. The van der Waals surface area contributed by atoms with Gasteiger partial charge < -0.3 is 21.3 Å². The number of amides is 1. The predicted octanol–water partition coefficient (Wildman–Crippen LogP) is 2.79. The van der Waals surface area contributed by atoms with Gasteiger partial charge in [0.2, 0.25) is 5.65 Å². The summed E-state index contributed by atoms with van der Waals surface area (Å²) in [5.74, 6) is -1.04. The lowest BCUT2D eigenvalue weighted by atomic mass is 10.1. The zero-order valence-electron chi connectivity index (χ0n) is 17.6. The molecule has 5 N–H and O–H groups in total. The molecule has 0 unspecified atom stereocenters. The highest BCUT2D eigenvalue weighted by molar-refractivity contribution is 6.04. The van der Waals surface area contributed by atoms with Crippen LogP contribution in [0, 0.1) is 0 Å². The molecule has 3 aromatic carbocycles. The van der Waals surface area contributed by atoms with Gasteiger partial charge in [-0.2, -0.15) is 4.68 Å². The van der Waals surface area contributed by atoms with E-state index in [1.165, 1.54) is 27.3 Å². The summed E-state index contributed by atoms with van der Waals surface area (Å²) in [6.45, 7) is 0. The topological polar surface area (TPSA) is 148 Å². The van der Waals surface area contributed by atoms with Crippen LogP contribution in [0.2, 0.25) is 0 Å². The number of phenols is 2. The quantitative estimate of drug-likeness (QED) is 0.305. The Hall–Kier alpha value is -5.12. The molecule has 0 atom stereocenters. The molecule has 10 nitrogen and oxygen atoms in total. The second kappa shape index (κ2) is 8.10. The fourth-order valence-electron chi connectivity index (χ4n) is 3.47. The average molecular weight is 454 g/mol. The lowest BCUT2D eigenvalue weighted by molar-refractivity contribution is 0.102. The van der Waals surface area contributed by atoms with Gasteiger partial charge in [-0.1, -0.05) is 30.3 Å². The fourth-order valence-corrected chi connectivity index (χ4v) is 3.47. The number of nitrogen functional groups attached to an aromatic ring is 1. The number of carbonyl (C=O) groups excluding carboxylic acids is 1. The zero-order chi connectivity index (χ0) is 23.8. The van der Waals surface area contributed by atoms with E-state index < -0.39 is 5.91 Å². The first-order valence-corrected chi connectivity index (χ1v) is 10.2. The van der Waals surface area contributed by atoms with Crippen molar-refractivity contribution in [1.29, 1.82) is 0 Å². The molecule has 5 aromatic rings. The van der Waals surface area contributed by atoms with Crippen molar-refractivity contribution in [3.8, 4) is 28.4 Å². The van der Waals surface area contributed by atoms with Crippen LogP contribution in [0.15, 0.2) is 83.8 Å². The monoisotopic (exact) mass is 454 g/mol. The number of hydrogen-bond donors (Lipinski definition) is 4. The molecular weight excluding hydrogens is 436 g/mol. The van der Waals surface area contributed by atoms with Crippen LogP contribution in [0.5, 0.6) is 11.5 Å². The Morgan fingerprint density at radius 1 is 0.941 bits per heavy atom. The van der Waals surface area contributed by atoms with Crippen molar-refractivity contribution in [2.45, 2.75) is 0 Å². The standard InChI is InChI=1S/C24H18N6O4/c25-21-22-28-30(17-4-2-1-3-5-17)24(34)29(22)13-18(27-21)14-6-9-16(10-7-14)26-23(33)15-8-11-19(31)20(32)12-15/h1-13,31-32H,(H2,25,27)(H,26,33). The minimum absolute atomic E-state index is 0.105. The van der Waals surface area contributed by atoms with Gasteiger partial charge in [-0.15, -0.1) is 5.10 Å². The van der Waals surface area contributed by atoms with Crippen molar-refractivity contribution in [1.82, 2.24) is 19.2 Å². The molecule has 0 saturated carbocycles. The van der Waals surface area contributed by atoms with Crippen LogP contribution in [0.25, 0.3) is 22.6 Å². The molecule has 168 valence electrons. The van der Waals surface area contributed by atoms with E-state index >= 15 is 0 Å². The molecule has 2 heterocycles. The van der Waals surface area contributed by atoms with Crippen LogP contribution in [-0.2, 0) is 0 Å². The van der Waals surface area contributed by atoms with Crippen LogP contribution >= 0.6 is 0 Å². The molecule has 2 aromatic heterocycles. The fraction of sp³-hybridized carbons (Fsp3) is 0. The van der Waals surface area contributed by atoms with Gasteiger partial charge >= 0.3 is 5.69 Å². The van der Waals surface area contributed by atoms with E-state index in [0.717, 1.165) is 0 Å². The van der Waals surface area contributed by atoms with Gasteiger partial charge in [0.25, 0.3) is 5.91 Å². The summed E-state index contributed by atoms with van der Waals surface area (Å²) in [5.41, 5.74) is 8.40. The summed E-state index contributed by atoms with van der Waals surface area (Å²) >= 11 is 0. The molecule has 0 aliphatic rings. The van der Waals surface area contributed by atoms with Crippen molar-refractivity contribution in [2.75, 3.05) is 11.1 Å². The second-order valence-corrected chi connectivity index (χ2v) is 7.47. The first-order valence-electron chi connectivity index (χ1n) is 10.2. The third-order valence-electron chi connectivity index (χ3n) is 5.21. The van der Waals surface area contributed by atoms with Gasteiger partial charge in [0.05, 0.1) is 11.4 Å². The van der Waals surface area contributed by atoms with Crippen LogP contribution in [0.4, 0.5) is 11.5 Å². The number of nitrogens with one attached hydrogen (secondary N) is 1. The van der Waals surface area contributed by atoms with Crippen molar-refractivity contribution in [2.24, 2.45) is 0 Å². The Morgan fingerprint density at radius 3 is 2.38 bits per heavy atom. The summed E-state index contributed by atoms with van der Waals surface area (Å²) in [5, 5.41) is 26.0. The molecule has 0 aliphatic heterocycles. The minimum atomic E-state index is -0.452. The Morgan fingerprint density at radius 2 is 1.68 bits per heavy atom. The molecule has 0 fully saturated rings. The van der Waals surface area contributed by atoms with Gasteiger partial charge in [-0.3, -0.25) is 4.79 Å². The highest BCUT2D eigenvalue weighted by Gasteiger charge is 2.15. The molecule has 5 rings (SSSR count). The molecule has 0 saturated heterocycles. The number of phenolic OH excluding ortho intramolecular Hbond substituents is 2. The van der Waals surface area contributed by atoms with Crippen molar-refractivity contribution in [3.05, 3.63) is 95.0 Å². The molecule has 0 bridgehead atoms. The number of anilines is 2. The highest BCUT2D eigenvalue weighted by atomic mass is 16.3. The van der Waals surface area contributed by atoms with Gasteiger partial charge in [-0.25, -0.2) is 14.2 Å². The molecule has 0 radical (unpaired) electrons. The smallest absolute Gasteiger partial charge is 0.355 e. The number of para-hydroxylation sites is 1. The SMILES string of the molecule is Nc1nc(-c2ccc(NC(=O)c3ccc(O)c(O)c3)cc2)cn2c(=O)n(-c3ccccc3)nc12. The molecule has 0 spiro atoms. The maximum absolute atomic E-state index is 12.9. The second-order valence-electron chi connectivity index (χ2n) is 7.47. The van der Waals surface area contributed by atoms with E-state index in [9.17, 15) is 19.8 Å². The molecule has 0 aliphatic carbocycles. The van der Waals surface area contributed by atoms with E-state index in [1.54, 1.807) is 42.6 Å². The van der Waals surface area contributed by atoms with E-state index in [4.69, 9.17) is 5.73 Å². The number of rotatable bonds is 4. The highest BCUT2D eigenvalue weighted by Crippen LogP contribution is 2.26. The number of benzene rings is 3. The Balaban J connectivity index is 1.44. The van der Waals surface area contributed by atoms with Crippen LogP contribution in [0.3, 0.4) is 0 Å². The number of nitrogens with two attached hydrogens (primary N) is 1. The third kappa shape index (κ3) is 3.69. The maximum atomic E-state index is 12.9. The predicted molar refractivity (Wildman–Crippen MR) is 126 cm³/mol. The Labute approximate surface area is 192 Å². The largest absolute Gasteiger partial charge is 0.504 e. The Kier molecular flexibility index (Phi) is 4.94. The molecule has 1 amide bonds. The summed E-state index contributed by atoms with van der Waals surface area (Å²) in [7, 11) is 0. The maximum Gasteiger partial charge on any atom is 0.355 e. The lowest BCUT2D eigenvalue weighted by Gasteiger charge is -2.08. The Bertz CT molecular complexity index is 1590. The van der Waals surface area contributed by atoms with E-state index in [-0.39, 0.29) is 34.2 Å². The van der Waals surface area contributed by atoms with Crippen molar-refractivity contribution in [3.63, 3.8) is 0 Å². The number of nitrogens with zero attached hydrogens (tertiary/aromatic N) is 4. The van der Waals surface area contributed by atoms with Crippen molar-refractivity contribution < 1.29 is 15.0 Å². The zero-order valence-corrected chi connectivity index (χ0v) is 17.6. The summed E-state index contributed by atoms with van der Waals surface area (Å²) < 4.78 is 2.61. The summed E-state index contributed by atoms with van der Waals surface area (Å²) in [6.07, 6.45) is 1.56.